The maximum atomic E-state index is 11.0. The zero-order valence-corrected chi connectivity index (χ0v) is 11.2. The smallest absolute Gasteiger partial charge is 0.335 e. The van der Waals surface area contributed by atoms with Crippen LogP contribution in [0, 0.1) is 0 Å². The number of thioether (sulfide) groups is 1. The zero-order valence-electron chi connectivity index (χ0n) is 10.4. The van der Waals surface area contributed by atoms with Gasteiger partial charge in [-0.3, -0.25) is 0 Å². The Bertz CT molecular complexity index is 380. The summed E-state index contributed by atoms with van der Waals surface area (Å²) in [6, 6.07) is 3.32. The Morgan fingerprint density at radius 1 is 1.35 bits per heavy atom. The summed E-state index contributed by atoms with van der Waals surface area (Å²) in [7, 11) is 0. The van der Waals surface area contributed by atoms with Gasteiger partial charge in [0.2, 0.25) is 0 Å². The summed E-state index contributed by atoms with van der Waals surface area (Å²) in [5, 5.41) is 9.83. The predicted octanol–water partition coefficient (Wildman–Crippen LogP) is 3.62. The first-order valence-corrected chi connectivity index (χ1v) is 7.03. The molecule has 4 heteroatoms. The summed E-state index contributed by atoms with van der Waals surface area (Å²) in [5.74, 6) is 0.130. The number of rotatable bonds is 7. The third kappa shape index (κ3) is 4.77. The van der Waals surface area contributed by atoms with E-state index in [0.29, 0.717) is 5.56 Å². The van der Waals surface area contributed by atoms with Gasteiger partial charge in [0, 0.05) is 5.69 Å². The molecule has 0 aliphatic heterocycles. The zero-order chi connectivity index (χ0) is 12.7. The molecule has 1 aromatic heterocycles. The highest BCUT2D eigenvalue weighted by Crippen LogP contribution is 2.20. The number of nitrogens with zero attached hydrogens (tertiary/aromatic N) is 1. The lowest BCUT2D eigenvalue weighted by Crippen LogP contribution is -2.00. The van der Waals surface area contributed by atoms with E-state index in [0.717, 1.165) is 29.3 Å². The van der Waals surface area contributed by atoms with Gasteiger partial charge in [0.1, 0.15) is 0 Å². The van der Waals surface area contributed by atoms with Crippen molar-refractivity contribution in [2.45, 2.75) is 44.6 Å². The Morgan fingerprint density at radius 3 is 2.71 bits per heavy atom. The topological polar surface area (TPSA) is 50.2 Å². The van der Waals surface area contributed by atoms with E-state index >= 15 is 0 Å². The number of unbranched alkanes of at least 4 members (excludes halogenated alkanes) is 2. The van der Waals surface area contributed by atoms with Crippen molar-refractivity contribution in [1.82, 2.24) is 4.98 Å². The van der Waals surface area contributed by atoms with E-state index in [1.54, 1.807) is 23.9 Å². The Balaban J connectivity index is 2.70. The van der Waals surface area contributed by atoms with Crippen LogP contribution in [0.4, 0.5) is 0 Å². The fourth-order valence-corrected chi connectivity index (χ4v) is 2.42. The van der Waals surface area contributed by atoms with Crippen LogP contribution in [-0.4, -0.2) is 21.8 Å². The highest BCUT2D eigenvalue weighted by Gasteiger charge is 2.07. The molecule has 0 aliphatic carbocycles. The van der Waals surface area contributed by atoms with Crippen LogP contribution in [0.5, 0.6) is 0 Å². The van der Waals surface area contributed by atoms with Gasteiger partial charge in [-0.05, 0) is 30.7 Å². The summed E-state index contributed by atoms with van der Waals surface area (Å²) >= 11 is 1.65. The molecular formula is C13H19NO2S. The fraction of sp³-hybridized carbons (Fsp3) is 0.538. The van der Waals surface area contributed by atoms with Crippen molar-refractivity contribution in [2.24, 2.45) is 0 Å². The summed E-state index contributed by atoms with van der Waals surface area (Å²) in [6.45, 7) is 4.16. The Kier molecular flexibility index (Phi) is 6.05. The molecule has 0 radical (unpaired) electrons. The molecule has 1 heterocycles. The first kappa shape index (κ1) is 14.0. The van der Waals surface area contributed by atoms with Crippen LogP contribution in [-0.2, 0) is 6.42 Å². The third-order valence-electron chi connectivity index (χ3n) is 2.46. The number of carbonyl (C=O) groups is 1. The second-order valence-electron chi connectivity index (χ2n) is 3.90. The highest BCUT2D eigenvalue weighted by atomic mass is 32.2. The van der Waals surface area contributed by atoms with Crippen molar-refractivity contribution in [1.29, 1.82) is 0 Å². The standard InChI is InChI=1S/C13H19NO2S/c1-3-5-6-7-17-12-9-10(13(15)16)8-11(4-2)14-12/h8-9H,3-7H2,1-2H3,(H,15,16). The maximum Gasteiger partial charge on any atom is 0.335 e. The quantitative estimate of drug-likeness (QED) is 0.595. The van der Waals surface area contributed by atoms with E-state index in [9.17, 15) is 4.79 Å². The van der Waals surface area contributed by atoms with Crippen LogP contribution >= 0.6 is 11.8 Å². The number of aromatic nitrogens is 1. The number of pyridine rings is 1. The Hall–Kier alpha value is -1.03. The number of aryl methyl sites for hydroxylation is 1. The largest absolute Gasteiger partial charge is 0.478 e. The number of hydrogen-bond acceptors (Lipinski definition) is 3. The Labute approximate surface area is 107 Å². The van der Waals surface area contributed by atoms with E-state index < -0.39 is 5.97 Å². The van der Waals surface area contributed by atoms with Gasteiger partial charge in [0.25, 0.3) is 0 Å². The average Bonchev–Trinajstić information content (AvgIpc) is 2.34. The first-order valence-electron chi connectivity index (χ1n) is 6.04. The van der Waals surface area contributed by atoms with Crippen LogP contribution in [0.2, 0.25) is 0 Å². The normalized spacial score (nSPS) is 10.5. The monoisotopic (exact) mass is 253 g/mol. The van der Waals surface area contributed by atoms with Crippen molar-refractivity contribution in [3.63, 3.8) is 0 Å². The minimum absolute atomic E-state index is 0.342. The molecule has 1 aromatic rings. The van der Waals surface area contributed by atoms with E-state index in [1.165, 1.54) is 12.8 Å². The van der Waals surface area contributed by atoms with Gasteiger partial charge in [-0.15, -0.1) is 11.8 Å². The molecule has 0 saturated heterocycles. The second-order valence-corrected chi connectivity index (χ2v) is 5.01. The molecule has 1 N–H and O–H groups in total. The molecule has 3 nitrogen and oxygen atoms in total. The van der Waals surface area contributed by atoms with E-state index in [2.05, 4.69) is 11.9 Å². The van der Waals surface area contributed by atoms with E-state index in [4.69, 9.17) is 5.11 Å². The number of carboxylic acid groups (broad SMARTS) is 1. The molecule has 0 aliphatic rings. The average molecular weight is 253 g/mol. The van der Waals surface area contributed by atoms with Crippen molar-refractivity contribution in [2.75, 3.05) is 5.75 Å². The lowest BCUT2D eigenvalue weighted by atomic mass is 10.2. The molecule has 0 atom stereocenters. The minimum atomic E-state index is -0.877. The highest BCUT2D eigenvalue weighted by molar-refractivity contribution is 7.99. The van der Waals surface area contributed by atoms with Gasteiger partial charge < -0.3 is 5.11 Å². The van der Waals surface area contributed by atoms with Crippen molar-refractivity contribution in [3.05, 3.63) is 23.4 Å². The van der Waals surface area contributed by atoms with Crippen molar-refractivity contribution in [3.8, 4) is 0 Å². The lowest BCUT2D eigenvalue weighted by Gasteiger charge is -2.05. The molecule has 0 amide bonds. The molecule has 94 valence electrons. The van der Waals surface area contributed by atoms with Crippen LogP contribution in [0.1, 0.15) is 49.2 Å². The van der Waals surface area contributed by atoms with Gasteiger partial charge in [-0.1, -0.05) is 26.7 Å². The molecule has 0 fully saturated rings. The third-order valence-corrected chi connectivity index (χ3v) is 3.46. The van der Waals surface area contributed by atoms with Crippen LogP contribution < -0.4 is 0 Å². The lowest BCUT2D eigenvalue weighted by molar-refractivity contribution is 0.0696. The summed E-state index contributed by atoms with van der Waals surface area (Å²) < 4.78 is 0. The first-order chi connectivity index (χ1) is 8.17. The Morgan fingerprint density at radius 2 is 2.12 bits per heavy atom. The van der Waals surface area contributed by atoms with Gasteiger partial charge in [0.15, 0.2) is 0 Å². The SMILES string of the molecule is CCCCCSc1cc(C(=O)O)cc(CC)n1. The molecule has 17 heavy (non-hydrogen) atoms. The summed E-state index contributed by atoms with van der Waals surface area (Å²) in [4.78, 5) is 15.4. The van der Waals surface area contributed by atoms with Crippen LogP contribution in [0.3, 0.4) is 0 Å². The maximum absolute atomic E-state index is 11.0. The number of aromatic carboxylic acids is 1. The second kappa shape index (κ2) is 7.33. The molecule has 0 unspecified atom stereocenters. The van der Waals surface area contributed by atoms with Gasteiger partial charge in [0.05, 0.1) is 10.6 Å². The molecular weight excluding hydrogens is 234 g/mol. The number of carboxylic acids is 1. The predicted molar refractivity (Wildman–Crippen MR) is 70.8 cm³/mol. The molecule has 0 saturated carbocycles. The van der Waals surface area contributed by atoms with Crippen LogP contribution in [0.15, 0.2) is 17.2 Å². The minimum Gasteiger partial charge on any atom is -0.478 e. The van der Waals surface area contributed by atoms with Gasteiger partial charge >= 0.3 is 5.97 Å². The molecule has 0 aromatic carbocycles. The van der Waals surface area contributed by atoms with Crippen molar-refractivity contribution >= 4 is 17.7 Å². The van der Waals surface area contributed by atoms with Crippen LogP contribution in [0.25, 0.3) is 0 Å². The summed E-state index contributed by atoms with van der Waals surface area (Å²) in [5.41, 5.74) is 1.19. The van der Waals surface area contributed by atoms with E-state index in [1.807, 2.05) is 6.92 Å². The van der Waals surface area contributed by atoms with Gasteiger partial charge in [-0.2, -0.15) is 0 Å². The fourth-order valence-electron chi connectivity index (χ4n) is 1.47. The molecule has 0 spiro atoms. The van der Waals surface area contributed by atoms with Gasteiger partial charge in [-0.25, -0.2) is 9.78 Å². The molecule has 1 rings (SSSR count). The molecule has 0 bridgehead atoms. The van der Waals surface area contributed by atoms with E-state index in [-0.39, 0.29) is 0 Å². The summed E-state index contributed by atoms with van der Waals surface area (Å²) in [6.07, 6.45) is 4.33. The van der Waals surface area contributed by atoms with Crippen molar-refractivity contribution < 1.29 is 9.90 Å². The number of hydrogen-bond donors (Lipinski definition) is 1.